The summed E-state index contributed by atoms with van der Waals surface area (Å²) in [5.74, 6) is 0.430. The van der Waals surface area contributed by atoms with E-state index in [1.807, 2.05) is 0 Å². The standard InChI is InChI=1S/C36H53NO5/c1-21(2)28-24(39)20-36(30(40)31(41)37-18-9-19-37)17-16-34(7)23(29(28)36)10-11-26-33(6)14-13-27(42-22(3)38)32(4,5)25(33)12-15-35(26,34)8/h21,23,25-27H,9-20H2,1-8H3. The minimum Gasteiger partial charge on any atom is -0.462 e. The maximum Gasteiger partial charge on any atom is 0.302 e. The number of hydrogen-bond donors (Lipinski definition) is 0. The summed E-state index contributed by atoms with van der Waals surface area (Å²) in [6.45, 7) is 19.2. The molecule has 0 aromatic carbocycles. The molecule has 8 unspecified atom stereocenters. The van der Waals surface area contributed by atoms with Gasteiger partial charge in [-0.05, 0) is 109 Å². The monoisotopic (exact) mass is 579 g/mol. The maximum atomic E-state index is 14.2. The number of hydrogen-bond acceptors (Lipinski definition) is 5. The number of esters is 1. The van der Waals surface area contributed by atoms with Gasteiger partial charge >= 0.3 is 5.97 Å². The molecule has 5 fully saturated rings. The number of carbonyl (C=O) groups excluding carboxylic acids is 4. The highest BCUT2D eigenvalue weighted by molar-refractivity contribution is 6.40. The third-order valence-corrected chi connectivity index (χ3v) is 14.5. The van der Waals surface area contributed by atoms with Crippen molar-refractivity contribution in [1.29, 1.82) is 0 Å². The van der Waals surface area contributed by atoms with Crippen molar-refractivity contribution in [3.05, 3.63) is 11.1 Å². The van der Waals surface area contributed by atoms with E-state index >= 15 is 0 Å². The van der Waals surface area contributed by atoms with Crippen LogP contribution < -0.4 is 0 Å². The lowest BCUT2D eigenvalue weighted by molar-refractivity contribution is -0.232. The largest absolute Gasteiger partial charge is 0.462 e. The van der Waals surface area contributed by atoms with E-state index in [0.29, 0.717) is 31.3 Å². The van der Waals surface area contributed by atoms with Gasteiger partial charge in [-0.15, -0.1) is 0 Å². The molecule has 0 aromatic rings. The predicted molar refractivity (Wildman–Crippen MR) is 161 cm³/mol. The number of fused-ring (bicyclic) bond motifs is 7. The van der Waals surface area contributed by atoms with Gasteiger partial charge in [-0.1, -0.05) is 48.5 Å². The molecule has 6 heteroatoms. The highest BCUT2D eigenvalue weighted by Gasteiger charge is 2.71. The SMILES string of the molecule is CC(=O)OC1CCC2(C)C(CCC3(C)C2CCC2C4=C(C(C)C)C(=O)CC4(C(=O)C(=O)N4CCC4)CCC23C)C1(C)C. The lowest BCUT2D eigenvalue weighted by Gasteiger charge is -2.72. The van der Waals surface area contributed by atoms with Crippen molar-refractivity contribution in [2.75, 3.05) is 13.1 Å². The summed E-state index contributed by atoms with van der Waals surface area (Å²) < 4.78 is 5.90. The number of likely N-dealkylation sites (tertiary alicyclic amines) is 1. The molecular formula is C36H53NO5. The molecule has 8 atom stereocenters. The van der Waals surface area contributed by atoms with Crippen molar-refractivity contribution in [3.8, 4) is 0 Å². The Morgan fingerprint density at radius 2 is 1.55 bits per heavy atom. The molecule has 5 aliphatic carbocycles. The molecule has 0 radical (unpaired) electrons. The van der Waals surface area contributed by atoms with Gasteiger partial charge in [0, 0.05) is 31.8 Å². The summed E-state index contributed by atoms with van der Waals surface area (Å²) in [4.78, 5) is 55.1. The molecule has 0 N–H and O–H groups in total. The minimum absolute atomic E-state index is 0.0415. The van der Waals surface area contributed by atoms with Crippen molar-refractivity contribution < 1.29 is 23.9 Å². The topological polar surface area (TPSA) is 80.8 Å². The Bertz CT molecular complexity index is 1260. The van der Waals surface area contributed by atoms with Gasteiger partial charge in [0.2, 0.25) is 5.78 Å². The van der Waals surface area contributed by atoms with E-state index in [4.69, 9.17) is 4.74 Å². The van der Waals surface area contributed by atoms with Crippen LogP contribution in [0.15, 0.2) is 11.1 Å². The van der Waals surface area contributed by atoms with Gasteiger partial charge in [-0.25, -0.2) is 0 Å². The average Bonchev–Trinajstić information content (AvgIpc) is 3.17. The normalized spacial score (nSPS) is 44.0. The smallest absolute Gasteiger partial charge is 0.302 e. The molecule has 42 heavy (non-hydrogen) atoms. The zero-order chi connectivity index (χ0) is 30.6. The predicted octanol–water partition coefficient (Wildman–Crippen LogP) is 6.70. The number of Topliss-reactive ketones (excluding diaryl/α,β-unsaturated/α-hetero) is 2. The summed E-state index contributed by atoms with van der Waals surface area (Å²) in [6, 6.07) is 0. The average molecular weight is 580 g/mol. The lowest BCUT2D eigenvalue weighted by Crippen LogP contribution is -2.66. The fourth-order valence-electron chi connectivity index (χ4n) is 12.1. The minimum atomic E-state index is -0.943. The third-order valence-electron chi connectivity index (χ3n) is 14.5. The van der Waals surface area contributed by atoms with Crippen LogP contribution in [0.2, 0.25) is 0 Å². The molecule has 1 amide bonds. The number of allylic oxidation sites excluding steroid dienone is 2. The van der Waals surface area contributed by atoms with Crippen LogP contribution >= 0.6 is 0 Å². The molecule has 1 aliphatic heterocycles. The summed E-state index contributed by atoms with van der Waals surface area (Å²) >= 11 is 0. The van der Waals surface area contributed by atoms with Gasteiger partial charge in [0.25, 0.3) is 5.91 Å². The molecule has 0 spiro atoms. The summed E-state index contributed by atoms with van der Waals surface area (Å²) in [7, 11) is 0. The fourth-order valence-corrected chi connectivity index (χ4v) is 12.1. The fraction of sp³-hybridized carbons (Fsp3) is 0.833. The number of ether oxygens (including phenoxy) is 1. The first kappa shape index (κ1) is 30.1. The molecule has 1 heterocycles. The Morgan fingerprint density at radius 3 is 2.14 bits per heavy atom. The van der Waals surface area contributed by atoms with Gasteiger partial charge in [-0.2, -0.15) is 0 Å². The molecular weight excluding hydrogens is 526 g/mol. The Labute approximate surface area is 252 Å². The Morgan fingerprint density at radius 1 is 0.857 bits per heavy atom. The second-order valence-electron chi connectivity index (χ2n) is 16.7. The molecule has 0 bridgehead atoms. The van der Waals surface area contributed by atoms with Crippen molar-refractivity contribution in [1.82, 2.24) is 4.90 Å². The molecule has 4 saturated carbocycles. The highest BCUT2D eigenvalue weighted by Crippen LogP contribution is 2.76. The summed E-state index contributed by atoms with van der Waals surface area (Å²) in [5.41, 5.74) is 1.05. The van der Waals surface area contributed by atoms with Crippen molar-refractivity contribution in [2.45, 2.75) is 126 Å². The van der Waals surface area contributed by atoms with Crippen LogP contribution in [0.25, 0.3) is 0 Å². The zero-order valence-electron chi connectivity index (χ0n) is 27.4. The Hall–Kier alpha value is -1.98. The third kappa shape index (κ3) is 3.74. The zero-order valence-corrected chi connectivity index (χ0v) is 27.4. The second-order valence-corrected chi connectivity index (χ2v) is 16.7. The summed E-state index contributed by atoms with van der Waals surface area (Å²) in [6.07, 6.45) is 8.80. The summed E-state index contributed by atoms with van der Waals surface area (Å²) in [5, 5.41) is 0. The van der Waals surface area contributed by atoms with Crippen molar-refractivity contribution >= 4 is 23.4 Å². The Balaban J connectivity index is 1.40. The maximum absolute atomic E-state index is 14.2. The number of rotatable bonds is 4. The van der Waals surface area contributed by atoms with E-state index in [1.54, 1.807) is 4.90 Å². The molecule has 1 saturated heterocycles. The quantitative estimate of drug-likeness (QED) is 0.273. The Kier molecular flexibility index (Phi) is 6.81. The first-order valence-corrected chi connectivity index (χ1v) is 16.8. The number of carbonyl (C=O) groups is 4. The number of nitrogens with zero attached hydrogens (tertiary/aromatic N) is 1. The van der Waals surface area contributed by atoms with E-state index in [0.717, 1.165) is 62.5 Å². The van der Waals surface area contributed by atoms with Crippen LogP contribution in [0.1, 0.15) is 120 Å². The second kappa shape index (κ2) is 9.51. The first-order chi connectivity index (χ1) is 19.5. The van der Waals surface area contributed by atoms with Gasteiger partial charge in [-0.3, -0.25) is 19.2 Å². The van der Waals surface area contributed by atoms with Crippen LogP contribution in [-0.4, -0.2) is 47.5 Å². The molecule has 0 aromatic heterocycles. The first-order valence-electron chi connectivity index (χ1n) is 16.8. The van der Waals surface area contributed by atoms with Crippen LogP contribution in [0.5, 0.6) is 0 Å². The van der Waals surface area contributed by atoms with Crippen molar-refractivity contribution in [2.24, 2.45) is 50.7 Å². The van der Waals surface area contributed by atoms with Crippen LogP contribution in [0.3, 0.4) is 0 Å². The molecule has 6 rings (SSSR count). The van der Waals surface area contributed by atoms with Crippen LogP contribution in [0.4, 0.5) is 0 Å². The van der Waals surface area contributed by atoms with Gasteiger partial charge < -0.3 is 9.64 Å². The van der Waals surface area contributed by atoms with E-state index in [1.165, 1.54) is 6.92 Å². The van der Waals surface area contributed by atoms with Crippen molar-refractivity contribution in [3.63, 3.8) is 0 Å². The molecule has 232 valence electrons. The van der Waals surface area contributed by atoms with E-state index < -0.39 is 5.41 Å². The molecule has 6 aliphatic rings. The van der Waals surface area contributed by atoms with E-state index in [2.05, 4.69) is 48.5 Å². The number of ketones is 2. The lowest BCUT2D eigenvalue weighted by atomic mass is 9.33. The number of amides is 1. The van der Waals surface area contributed by atoms with Gasteiger partial charge in [0.1, 0.15) is 6.10 Å². The van der Waals surface area contributed by atoms with Crippen LogP contribution in [0, 0.1) is 50.7 Å². The van der Waals surface area contributed by atoms with E-state index in [-0.39, 0.29) is 69.5 Å². The van der Waals surface area contributed by atoms with Crippen LogP contribution in [-0.2, 0) is 23.9 Å². The van der Waals surface area contributed by atoms with Gasteiger partial charge in [0.15, 0.2) is 5.78 Å². The highest BCUT2D eigenvalue weighted by atomic mass is 16.5. The molecule has 6 nitrogen and oxygen atoms in total. The van der Waals surface area contributed by atoms with Gasteiger partial charge in [0.05, 0.1) is 5.41 Å². The van der Waals surface area contributed by atoms with E-state index in [9.17, 15) is 19.2 Å².